The van der Waals surface area contributed by atoms with Crippen LogP contribution in [0.1, 0.15) is 51.8 Å². The lowest BCUT2D eigenvalue weighted by atomic mass is 10.1. The minimum atomic E-state index is -0.789. The Kier molecular flexibility index (Phi) is 5.99. The molecule has 0 aliphatic rings. The molecule has 3 aromatic rings. The van der Waals surface area contributed by atoms with Gasteiger partial charge in [0.2, 0.25) is 0 Å². The highest BCUT2D eigenvalue weighted by Crippen LogP contribution is 2.29. The van der Waals surface area contributed by atoms with E-state index in [1.165, 1.54) is 17.0 Å². The predicted molar refractivity (Wildman–Crippen MR) is 111 cm³/mol. The molecule has 6 nitrogen and oxygen atoms in total. The third kappa shape index (κ3) is 4.70. The number of carbonyl (C=O) groups excluding carboxylic acids is 1. The lowest BCUT2D eigenvalue weighted by Crippen LogP contribution is -2.37. The summed E-state index contributed by atoms with van der Waals surface area (Å²) in [7, 11) is 0. The smallest absolute Gasteiger partial charge is 0.415 e. The summed E-state index contributed by atoms with van der Waals surface area (Å²) >= 11 is 6.23. The normalized spacial score (nSPS) is 11.9. The number of carbonyl (C=O) groups is 1. The van der Waals surface area contributed by atoms with Gasteiger partial charge >= 0.3 is 6.09 Å². The van der Waals surface area contributed by atoms with Crippen LogP contribution in [-0.2, 0) is 11.3 Å². The van der Waals surface area contributed by atoms with Crippen LogP contribution >= 0.6 is 11.6 Å². The van der Waals surface area contributed by atoms with E-state index >= 15 is 0 Å². The van der Waals surface area contributed by atoms with Crippen molar-refractivity contribution >= 4 is 29.0 Å². The predicted octanol–water partition coefficient (Wildman–Crippen LogP) is 5.73. The van der Waals surface area contributed by atoms with E-state index < -0.39 is 23.3 Å². The Hall–Kier alpha value is -2.74. The van der Waals surface area contributed by atoms with Crippen LogP contribution in [0.3, 0.4) is 0 Å². The van der Waals surface area contributed by atoms with Crippen molar-refractivity contribution in [1.82, 2.24) is 14.6 Å². The molecule has 0 aliphatic carbocycles. The van der Waals surface area contributed by atoms with E-state index in [1.807, 2.05) is 13.8 Å². The molecule has 3 rings (SSSR count). The second kappa shape index (κ2) is 8.18. The van der Waals surface area contributed by atoms with Crippen molar-refractivity contribution in [3.05, 3.63) is 58.5 Å². The third-order valence-corrected chi connectivity index (χ3v) is 4.47. The van der Waals surface area contributed by atoms with Crippen LogP contribution in [0.25, 0.3) is 5.65 Å². The standard InChI is InChI=1S/C21H23ClF2N4O2/c1-12(2)17-10-25-19-16(9-18(22)26-28(17)19)27(20(29)30-21(3,4)5)11-13-6-7-14(23)8-15(13)24/h6-10,12H,11H2,1-5H3. The first-order chi connectivity index (χ1) is 14.0. The van der Waals surface area contributed by atoms with Gasteiger partial charge in [0.15, 0.2) is 10.8 Å². The van der Waals surface area contributed by atoms with Crippen LogP contribution in [0.15, 0.2) is 30.5 Å². The molecule has 30 heavy (non-hydrogen) atoms. The first-order valence-corrected chi connectivity index (χ1v) is 9.82. The molecule has 2 heterocycles. The number of fused-ring (bicyclic) bond motifs is 1. The van der Waals surface area contributed by atoms with E-state index in [9.17, 15) is 13.6 Å². The number of anilines is 1. The molecule has 1 amide bonds. The van der Waals surface area contributed by atoms with E-state index in [2.05, 4.69) is 10.1 Å². The molecule has 0 N–H and O–H groups in total. The highest BCUT2D eigenvalue weighted by molar-refractivity contribution is 6.29. The number of hydrogen-bond donors (Lipinski definition) is 0. The van der Waals surface area contributed by atoms with Gasteiger partial charge in [-0.2, -0.15) is 5.10 Å². The molecule has 0 unspecified atom stereocenters. The molecule has 0 spiro atoms. The zero-order valence-electron chi connectivity index (χ0n) is 17.4. The molecule has 0 saturated carbocycles. The molecular formula is C21H23ClF2N4O2. The summed E-state index contributed by atoms with van der Waals surface area (Å²) in [4.78, 5) is 18.7. The number of rotatable bonds is 4. The topological polar surface area (TPSA) is 59.7 Å². The Morgan fingerprint density at radius 3 is 2.57 bits per heavy atom. The van der Waals surface area contributed by atoms with Crippen LogP contribution in [0, 0.1) is 11.6 Å². The second-order valence-electron chi connectivity index (χ2n) is 8.23. The van der Waals surface area contributed by atoms with Crippen LogP contribution in [0.5, 0.6) is 0 Å². The molecule has 0 atom stereocenters. The Bertz CT molecular complexity index is 1090. The number of aromatic nitrogens is 3. The molecule has 0 bridgehead atoms. The number of benzene rings is 1. The summed E-state index contributed by atoms with van der Waals surface area (Å²) in [5.74, 6) is -1.38. The van der Waals surface area contributed by atoms with E-state index in [0.29, 0.717) is 11.3 Å². The number of hydrogen-bond acceptors (Lipinski definition) is 4. The lowest BCUT2D eigenvalue weighted by molar-refractivity contribution is 0.0577. The van der Waals surface area contributed by atoms with Gasteiger partial charge in [0.1, 0.15) is 17.2 Å². The van der Waals surface area contributed by atoms with E-state index in [1.54, 1.807) is 31.5 Å². The molecule has 0 radical (unpaired) electrons. The summed E-state index contributed by atoms with van der Waals surface area (Å²) in [5, 5.41) is 4.42. The Morgan fingerprint density at radius 1 is 1.27 bits per heavy atom. The average molecular weight is 437 g/mol. The Morgan fingerprint density at radius 2 is 1.97 bits per heavy atom. The van der Waals surface area contributed by atoms with Crippen molar-refractivity contribution in [2.75, 3.05) is 4.90 Å². The highest BCUT2D eigenvalue weighted by Gasteiger charge is 2.28. The summed E-state index contributed by atoms with van der Waals surface area (Å²) in [5.41, 5.74) is 0.800. The fraction of sp³-hybridized carbons (Fsp3) is 0.381. The quantitative estimate of drug-likeness (QED) is 0.524. The zero-order chi connectivity index (χ0) is 22.2. The van der Waals surface area contributed by atoms with E-state index in [0.717, 1.165) is 17.8 Å². The first kappa shape index (κ1) is 22.0. The summed E-state index contributed by atoms with van der Waals surface area (Å²) in [6, 6.07) is 4.66. The van der Waals surface area contributed by atoms with Crippen molar-refractivity contribution in [3.63, 3.8) is 0 Å². The average Bonchev–Trinajstić information content (AvgIpc) is 3.03. The van der Waals surface area contributed by atoms with Crippen molar-refractivity contribution < 1.29 is 18.3 Å². The van der Waals surface area contributed by atoms with Crippen molar-refractivity contribution in [2.24, 2.45) is 0 Å². The van der Waals surface area contributed by atoms with E-state index in [-0.39, 0.29) is 23.2 Å². The van der Waals surface area contributed by atoms with Crippen LogP contribution in [-0.4, -0.2) is 26.3 Å². The zero-order valence-corrected chi connectivity index (χ0v) is 18.2. The van der Waals surface area contributed by atoms with Gasteiger partial charge in [0.05, 0.1) is 24.1 Å². The third-order valence-electron chi connectivity index (χ3n) is 4.28. The molecule has 0 saturated heterocycles. The minimum Gasteiger partial charge on any atom is -0.443 e. The van der Waals surface area contributed by atoms with Gasteiger partial charge in [0.25, 0.3) is 0 Å². The van der Waals surface area contributed by atoms with Crippen molar-refractivity contribution in [3.8, 4) is 0 Å². The molecule has 9 heteroatoms. The number of ether oxygens (including phenoxy) is 1. The van der Waals surface area contributed by atoms with Gasteiger partial charge in [-0.3, -0.25) is 4.90 Å². The fourth-order valence-corrected chi connectivity index (χ4v) is 3.10. The minimum absolute atomic E-state index is 0.100. The van der Waals surface area contributed by atoms with Gasteiger partial charge in [-0.05, 0) is 32.8 Å². The largest absolute Gasteiger partial charge is 0.443 e. The van der Waals surface area contributed by atoms with Crippen molar-refractivity contribution in [2.45, 2.75) is 52.7 Å². The van der Waals surface area contributed by atoms with Gasteiger partial charge in [0, 0.05) is 17.7 Å². The van der Waals surface area contributed by atoms with Gasteiger partial charge < -0.3 is 4.74 Å². The fourth-order valence-electron chi connectivity index (χ4n) is 2.92. The maximum atomic E-state index is 14.4. The monoisotopic (exact) mass is 436 g/mol. The van der Waals surface area contributed by atoms with Crippen molar-refractivity contribution in [1.29, 1.82) is 0 Å². The SMILES string of the molecule is CC(C)c1cnc2c(N(Cc3ccc(F)cc3F)C(=O)OC(C)(C)C)cc(Cl)nn12. The number of amides is 1. The summed E-state index contributed by atoms with van der Waals surface area (Å²) < 4.78 is 34.8. The molecule has 0 fully saturated rings. The maximum Gasteiger partial charge on any atom is 0.415 e. The number of halogens is 3. The first-order valence-electron chi connectivity index (χ1n) is 9.45. The van der Waals surface area contributed by atoms with Gasteiger partial charge in [-0.1, -0.05) is 31.5 Å². The maximum absolute atomic E-state index is 14.4. The molecule has 160 valence electrons. The summed E-state index contributed by atoms with van der Waals surface area (Å²) in [6.45, 7) is 8.92. The Balaban J connectivity index is 2.15. The molecule has 1 aromatic carbocycles. The lowest BCUT2D eigenvalue weighted by Gasteiger charge is -2.28. The second-order valence-corrected chi connectivity index (χ2v) is 8.61. The Labute approximate surface area is 178 Å². The number of nitrogens with zero attached hydrogens (tertiary/aromatic N) is 4. The molecular weight excluding hydrogens is 414 g/mol. The number of imidazole rings is 1. The van der Waals surface area contributed by atoms with Gasteiger partial charge in [-0.15, -0.1) is 0 Å². The van der Waals surface area contributed by atoms with Crippen LogP contribution in [0.2, 0.25) is 5.15 Å². The van der Waals surface area contributed by atoms with E-state index in [4.69, 9.17) is 16.3 Å². The highest BCUT2D eigenvalue weighted by atomic mass is 35.5. The summed E-state index contributed by atoms with van der Waals surface area (Å²) in [6.07, 6.45) is 0.933. The van der Waals surface area contributed by atoms with Crippen LogP contribution in [0.4, 0.5) is 19.3 Å². The van der Waals surface area contributed by atoms with Crippen LogP contribution < -0.4 is 4.90 Å². The molecule has 2 aromatic heterocycles. The van der Waals surface area contributed by atoms with Gasteiger partial charge in [-0.25, -0.2) is 23.1 Å². The molecule has 0 aliphatic heterocycles.